The van der Waals surface area contributed by atoms with Crippen LogP contribution in [0, 0.1) is 11.6 Å². The Bertz CT molecular complexity index is 1180. The third-order valence-electron chi connectivity index (χ3n) is 3.94. The van der Waals surface area contributed by atoms with Gasteiger partial charge in [-0.15, -0.1) is 0 Å². The van der Waals surface area contributed by atoms with Gasteiger partial charge in [0.2, 0.25) is 5.88 Å². The van der Waals surface area contributed by atoms with E-state index in [1.807, 2.05) is 0 Å². The number of hydrogen-bond donors (Lipinski definition) is 2. The standard InChI is InChI=1S/C20H10Cl2F5N3O3/c21-11-6-10(29-19(32)30-18(31)16-13(23)2-1-3-14(16)24)7-12(22)17(11)33-15-5-4-9(8-28-15)20(25,26)27/h1-8H,(H2,29,30,31,32). The van der Waals surface area contributed by atoms with Crippen molar-refractivity contribution in [2.45, 2.75) is 6.18 Å². The van der Waals surface area contributed by atoms with Gasteiger partial charge in [-0.3, -0.25) is 10.1 Å². The van der Waals surface area contributed by atoms with E-state index in [2.05, 4.69) is 10.3 Å². The fourth-order valence-electron chi connectivity index (χ4n) is 2.49. The van der Waals surface area contributed by atoms with Crippen molar-refractivity contribution in [1.82, 2.24) is 10.3 Å². The van der Waals surface area contributed by atoms with Crippen LogP contribution >= 0.6 is 23.2 Å². The topological polar surface area (TPSA) is 80.3 Å². The van der Waals surface area contributed by atoms with Crippen molar-refractivity contribution >= 4 is 40.8 Å². The van der Waals surface area contributed by atoms with Gasteiger partial charge >= 0.3 is 12.2 Å². The Morgan fingerprint density at radius 1 is 0.970 bits per heavy atom. The van der Waals surface area contributed by atoms with Crippen LogP contribution in [0.2, 0.25) is 10.0 Å². The number of amides is 3. The number of nitrogens with one attached hydrogen (secondary N) is 2. The summed E-state index contributed by atoms with van der Waals surface area (Å²) >= 11 is 12.1. The molecule has 0 aliphatic rings. The Balaban J connectivity index is 1.71. The maximum absolute atomic E-state index is 13.6. The first-order valence-corrected chi connectivity index (χ1v) is 9.48. The fraction of sp³-hybridized carbons (Fsp3) is 0.0500. The molecule has 0 saturated carbocycles. The van der Waals surface area contributed by atoms with Crippen molar-refractivity contribution in [2.24, 2.45) is 0 Å². The number of benzene rings is 2. The molecule has 3 rings (SSSR count). The zero-order valence-electron chi connectivity index (χ0n) is 15.9. The summed E-state index contributed by atoms with van der Waals surface area (Å²) < 4.78 is 70.5. The molecule has 1 aromatic heterocycles. The zero-order chi connectivity index (χ0) is 24.3. The molecule has 33 heavy (non-hydrogen) atoms. The first-order chi connectivity index (χ1) is 15.5. The van der Waals surface area contributed by atoms with Crippen molar-refractivity contribution in [3.8, 4) is 11.6 Å². The highest BCUT2D eigenvalue weighted by Gasteiger charge is 2.30. The zero-order valence-corrected chi connectivity index (χ0v) is 17.4. The molecule has 0 fully saturated rings. The highest BCUT2D eigenvalue weighted by atomic mass is 35.5. The van der Waals surface area contributed by atoms with Gasteiger partial charge in [-0.05, 0) is 30.3 Å². The number of carbonyl (C=O) groups excluding carboxylic acids is 2. The van der Waals surface area contributed by atoms with Gasteiger partial charge in [0.05, 0.1) is 15.6 Å². The summed E-state index contributed by atoms with van der Waals surface area (Å²) in [4.78, 5) is 27.5. The Morgan fingerprint density at radius 2 is 1.58 bits per heavy atom. The summed E-state index contributed by atoms with van der Waals surface area (Å²) in [5.74, 6) is -4.05. The summed E-state index contributed by atoms with van der Waals surface area (Å²) in [6.45, 7) is 0. The summed E-state index contributed by atoms with van der Waals surface area (Å²) in [6.07, 6.45) is -4.01. The summed E-state index contributed by atoms with van der Waals surface area (Å²) in [6, 6.07) is 5.62. The molecular weight excluding hydrogens is 496 g/mol. The molecule has 13 heteroatoms. The molecule has 0 aliphatic heterocycles. The van der Waals surface area contributed by atoms with Crippen molar-refractivity contribution in [1.29, 1.82) is 0 Å². The second-order valence-electron chi connectivity index (χ2n) is 6.26. The van der Waals surface area contributed by atoms with E-state index in [9.17, 15) is 31.5 Å². The van der Waals surface area contributed by atoms with Crippen LogP contribution in [-0.4, -0.2) is 16.9 Å². The van der Waals surface area contributed by atoms with Crippen LogP contribution < -0.4 is 15.4 Å². The first-order valence-electron chi connectivity index (χ1n) is 8.72. The molecule has 2 aromatic carbocycles. The highest BCUT2D eigenvalue weighted by molar-refractivity contribution is 6.37. The van der Waals surface area contributed by atoms with Crippen molar-refractivity contribution in [3.05, 3.63) is 81.5 Å². The lowest BCUT2D eigenvalue weighted by Gasteiger charge is -2.13. The maximum atomic E-state index is 13.6. The highest BCUT2D eigenvalue weighted by Crippen LogP contribution is 2.39. The van der Waals surface area contributed by atoms with Crippen molar-refractivity contribution < 1.29 is 36.3 Å². The third-order valence-corrected chi connectivity index (χ3v) is 4.50. The van der Waals surface area contributed by atoms with Crippen LogP contribution in [0.4, 0.5) is 32.4 Å². The van der Waals surface area contributed by atoms with E-state index >= 15 is 0 Å². The van der Waals surface area contributed by atoms with E-state index < -0.39 is 40.9 Å². The molecular formula is C20H10Cl2F5N3O3. The number of hydrogen-bond acceptors (Lipinski definition) is 4. The summed E-state index contributed by atoms with van der Waals surface area (Å²) in [5, 5.41) is 3.62. The molecule has 0 atom stereocenters. The number of aromatic nitrogens is 1. The number of halogens is 7. The van der Waals surface area contributed by atoms with E-state index in [4.69, 9.17) is 27.9 Å². The number of nitrogens with zero attached hydrogens (tertiary/aromatic N) is 1. The van der Waals surface area contributed by atoms with Crippen molar-refractivity contribution in [2.75, 3.05) is 5.32 Å². The molecule has 3 amide bonds. The van der Waals surface area contributed by atoms with Crippen LogP contribution in [0.15, 0.2) is 48.7 Å². The molecule has 3 aromatic rings. The number of alkyl halides is 3. The molecule has 2 N–H and O–H groups in total. The van der Waals surface area contributed by atoms with Gasteiger partial charge in [-0.2, -0.15) is 13.2 Å². The Hall–Kier alpha value is -3.44. The van der Waals surface area contributed by atoms with E-state index in [0.29, 0.717) is 6.20 Å². The molecule has 0 saturated heterocycles. The molecule has 0 aliphatic carbocycles. The minimum Gasteiger partial charge on any atom is -0.436 e. The quantitative estimate of drug-likeness (QED) is 0.400. The lowest BCUT2D eigenvalue weighted by atomic mass is 10.2. The monoisotopic (exact) mass is 505 g/mol. The molecule has 0 radical (unpaired) electrons. The SMILES string of the molecule is O=C(NC(=O)c1c(F)cccc1F)Nc1cc(Cl)c(Oc2ccc(C(F)(F)F)cn2)c(Cl)c1. The second kappa shape index (κ2) is 9.59. The Kier molecular flexibility index (Phi) is 7.04. The number of rotatable bonds is 4. The van der Waals surface area contributed by atoms with Crippen LogP contribution in [0.25, 0.3) is 0 Å². The minimum atomic E-state index is -4.58. The van der Waals surface area contributed by atoms with Crippen LogP contribution in [0.3, 0.4) is 0 Å². The summed E-state index contributed by atoms with van der Waals surface area (Å²) in [7, 11) is 0. The minimum absolute atomic E-state index is 0.0305. The fourth-order valence-corrected chi connectivity index (χ4v) is 3.05. The third kappa shape index (κ3) is 5.88. The van der Waals surface area contributed by atoms with Gasteiger partial charge in [0.15, 0.2) is 5.75 Å². The van der Waals surface area contributed by atoms with Gasteiger partial charge in [0, 0.05) is 18.0 Å². The first kappa shape index (κ1) is 24.2. The average molecular weight is 506 g/mol. The van der Waals surface area contributed by atoms with Gasteiger partial charge in [0.25, 0.3) is 5.91 Å². The number of ether oxygens (including phenoxy) is 1. The molecule has 0 spiro atoms. The van der Waals surface area contributed by atoms with Gasteiger partial charge in [-0.1, -0.05) is 29.3 Å². The van der Waals surface area contributed by atoms with E-state index in [-0.39, 0.29) is 27.4 Å². The Labute approximate surface area is 192 Å². The predicted octanol–water partition coefficient (Wildman–Crippen LogP) is 6.44. The van der Waals surface area contributed by atoms with E-state index in [1.165, 1.54) is 0 Å². The second-order valence-corrected chi connectivity index (χ2v) is 7.07. The van der Waals surface area contributed by atoms with Crippen LogP contribution in [0.1, 0.15) is 15.9 Å². The lowest BCUT2D eigenvalue weighted by molar-refractivity contribution is -0.137. The smallest absolute Gasteiger partial charge is 0.417 e. The van der Waals surface area contributed by atoms with Crippen molar-refractivity contribution in [3.63, 3.8) is 0 Å². The number of pyridine rings is 1. The number of carbonyl (C=O) groups is 2. The van der Waals surface area contributed by atoms with Crippen LogP contribution in [0.5, 0.6) is 11.6 Å². The maximum Gasteiger partial charge on any atom is 0.417 e. The molecule has 6 nitrogen and oxygen atoms in total. The molecule has 0 bridgehead atoms. The van der Waals surface area contributed by atoms with Crippen LogP contribution in [-0.2, 0) is 6.18 Å². The number of anilines is 1. The number of urea groups is 1. The molecule has 1 heterocycles. The normalized spacial score (nSPS) is 11.1. The van der Waals surface area contributed by atoms with Gasteiger partial charge in [0.1, 0.15) is 17.2 Å². The average Bonchev–Trinajstić information content (AvgIpc) is 2.70. The largest absolute Gasteiger partial charge is 0.436 e. The predicted molar refractivity (Wildman–Crippen MR) is 109 cm³/mol. The van der Waals surface area contributed by atoms with E-state index in [0.717, 1.165) is 42.5 Å². The Morgan fingerprint density at radius 3 is 2.09 bits per heavy atom. The summed E-state index contributed by atoms with van der Waals surface area (Å²) in [5.41, 5.74) is -1.96. The van der Waals surface area contributed by atoms with E-state index in [1.54, 1.807) is 5.32 Å². The lowest BCUT2D eigenvalue weighted by Crippen LogP contribution is -2.35. The van der Waals surface area contributed by atoms with Gasteiger partial charge < -0.3 is 10.1 Å². The van der Waals surface area contributed by atoms with Gasteiger partial charge in [-0.25, -0.2) is 18.6 Å². The number of imide groups is 1. The molecule has 172 valence electrons. The molecule has 0 unspecified atom stereocenters.